The fourth-order valence-electron chi connectivity index (χ4n) is 3.26. The van der Waals surface area contributed by atoms with Crippen molar-refractivity contribution in [3.63, 3.8) is 0 Å². The maximum absolute atomic E-state index is 13.8. The Morgan fingerprint density at radius 1 is 0.970 bits per heavy atom. The Morgan fingerprint density at radius 2 is 1.61 bits per heavy atom. The summed E-state index contributed by atoms with van der Waals surface area (Å²) in [5.74, 6) is -2.89. The molecule has 0 saturated carbocycles. The lowest BCUT2D eigenvalue weighted by molar-refractivity contribution is -0.159. The molecule has 3 rings (SSSR count). The highest BCUT2D eigenvalue weighted by Gasteiger charge is 2.24. The number of benzene rings is 2. The van der Waals surface area contributed by atoms with Crippen LogP contribution in [0.15, 0.2) is 42.5 Å². The summed E-state index contributed by atoms with van der Waals surface area (Å²) >= 11 is 0. The first-order valence-electron chi connectivity index (χ1n) is 10.3. The molecule has 1 saturated heterocycles. The number of carbonyl (C=O) groups is 3. The molecule has 2 aromatic rings. The van der Waals surface area contributed by atoms with E-state index in [2.05, 4.69) is 4.90 Å². The van der Waals surface area contributed by atoms with E-state index >= 15 is 0 Å². The summed E-state index contributed by atoms with van der Waals surface area (Å²) in [5, 5.41) is 14.8. The van der Waals surface area contributed by atoms with Gasteiger partial charge in [0.1, 0.15) is 5.82 Å². The minimum absolute atomic E-state index is 0.141. The van der Waals surface area contributed by atoms with Crippen LogP contribution >= 0.6 is 0 Å². The van der Waals surface area contributed by atoms with E-state index in [1.165, 1.54) is 12.1 Å². The Bertz CT molecular complexity index is 963. The maximum Gasteiger partial charge on any atom is 0.414 e. The van der Waals surface area contributed by atoms with Gasteiger partial charge in [-0.15, -0.1) is 0 Å². The number of nitrogens with zero attached hydrogens (tertiary/aromatic N) is 2. The molecule has 0 unspecified atom stereocenters. The second-order valence-corrected chi connectivity index (χ2v) is 7.08. The van der Waals surface area contributed by atoms with Crippen molar-refractivity contribution in [3.05, 3.63) is 59.4 Å². The van der Waals surface area contributed by atoms with Gasteiger partial charge in [0.15, 0.2) is 11.5 Å². The minimum atomic E-state index is -1.82. The quantitative estimate of drug-likeness (QED) is 0.629. The zero-order valence-corrected chi connectivity index (χ0v) is 18.5. The third kappa shape index (κ3) is 7.46. The largest absolute Gasteiger partial charge is 0.493 e. The summed E-state index contributed by atoms with van der Waals surface area (Å²) in [6.45, 7) is 5.95. The number of carboxylic acids is 2. The summed E-state index contributed by atoms with van der Waals surface area (Å²) in [7, 11) is 1.63. The van der Waals surface area contributed by atoms with Crippen molar-refractivity contribution < 1.29 is 38.5 Å². The van der Waals surface area contributed by atoms with Gasteiger partial charge in [-0.25, -0.2) is 14.0 Å². The normalized spacial score (nSPS) is 13.5. The number of carboxylic acid groups (broad SMARTS) is 2. The van der Waals surface area contributed by atoms with Crippen molar-refractivity contribution in [2.24, 2.45) is 0 Å². The molecule has 0 atom stereocenters. The first kappa shape index (κ1) is 25.6. The number of aliphatic carboxylic acids is 2. The number of rotatable bonds is 6. The summed E-state index contributed by atoms with van der Waals surface area (Å²) in [4.78, 5) is 34.7. The van der Waals surface area contributed by atoms with Crippen molar-refractivity contribution in [3.8, 4) is 11.5 Å². The molecule has 33 heavy (non-hydrogen) atoms. The van der Waals surface area contributed by atoms with Gasteiger partial charge in [-0.1, -0.05) is 18.2 Å². The van der Waals surface area contributed by atoms with Crippen molar-refractivity contribution in [1.29, 1.82) is 0 Å². The van der Waals surface area contributed by atoms with Crippen LogP contribution in [0.5, 0.6) is 11.5 Å². The van der Waals surface area contributed by atoms with Crippen molar-refractivity contribution in [2.75, 3.05) is 39.9 Å². The van der Waals surface area contributed by atoms with Crippen molar-refractivity contribution >= 4 is 17.8 Å². The molecule has 0 aliphatic carbocycles. The number of hydrogen-bond donors (Lipinski definition) is 2. The van der Waals surface area contributed by atoms with Crippen molar-refractivity contribution in [2.45, 2.75) is 13.5 Å². The minimum Gasteiger partial charge on any atom is -0.493 e. The van der Waals surface area contributed by atoms with E-state index in [1.54, 1.807) is 24.1 Å². The second kappa shape index (κ2) is 12.4. The lowest BCUT2D eigenvalue weighted by Gasteiger charge is -2.35. The molecule has 1 amide bonds. The Morgan fingerprint density at radius 3 is 2.15 bits per heavy atom. The number of hydrogen-bond acceptors (Lipinski definition) is 6. The van der Waals surface area contributed by atoms with Crippen LogP contribution in [0, 0.1) is 5.82 Å². The fraction of sp³-hybridized carbons (Fsp3) is 0.348. The lowest BCUT2D eigenvalue weighted by Crippen LogP contribution is -2.48. The van der Waals surface area contributed by atoms with E-state index in [0.717, 1.165) is 36.7 Å². The first-order chi connectivity index (χ1) is 15.8. The summed E-state index contributed by atoms with van der Waals surface area (Å²) < 4.78 is 24.8. The van der Waals surface area contributed by atoms with E-state index in [0.29, 0.717) is 19.7 Å². The molecule has 1 fully saturated rings. The van der Waals surface area contributed by atoms with Gasteiger partial charge < -0.3 is 24.6 Å². The fourth-order valence-corrected chi connectivity index (χ4v) is 3.26. The standard InChI is InChI=1S/C21H25FN2O3.C2H2O4/c1-3-27-20-14-16(8-9-19(20)26-2)15-23-10-12-24(13-11-23)21(25)17-6-4-5-7-18(17)22;3-1(4)2(5)6/h4-9,14H,3,10-13,15H2,1-2H3;(H,3,4)(H,5,6). The Labute approximate surface area is 190 Å². The van der Waals surface area contributed by atoms with Crippen LogP contribution in [0.3, 0.4) is 0 Å². The van der Waals surface area contributed by atoms with Crippen LogP contribution in [0.4, 0.5) is 4.39 Å². The van der Waals surface area contributed by atoms with E-state index < -0.39 is 17.8 Å². The Balaban J connectivity index is 0.000000569. The van der Waals surface area contributed by atoms with E-state index in [4.69, 9.17) is 29.3 Å². The molecule has 10 heteroatoms. The third-order valence-electron chi connectivity index (χ3n) is 4.88. The molecular weight excluding hydrogens is 435 g/mol. The second-order valence-electron chi connectivity index (χ2n) is 7.08. The van der Waals surface area contributed by atoms with Gasteiger partial charge >= 0.3 is 11.9 Å². The molecule has 0 bridgehead atoms. The molecule has 0 radical (unpaired) electrons. The van der Waals surface area contributed by atoms with Crippen LogP contribution in [-0.4, -0.2) is 77.8 Å². The molecule has 178 valence electrons. The number of piperazine rings is 1. The van der Waals surface area contributed by atoms with Crippen LogP contribution in [-0.2, 0) is 16.1 Å². The zero-order valence-electron chi connectivity index (χ0n) is 18.5. The Hall–Kier alpha value is -3.66. The zero-order chi connectivity index (χ0) is 24.4. The number of carbonyl (C=O) groups excluding carboxylic acids is 1. The summed E-state index contributed by atoms with van der Waals surface area (Å²) in [5.41, 5.74) is 1.27. The average Bonchev–Trinajstić information content (AvgIpc) is 2.80. The van der Waals surface area contributed by atoms with Gasteiger partial charge in [0.2, 0.25) is 0 Å². The van der Waals surface area contributed by atoms with Crippen LogP contribution in [0.2, 0.25) is 0 Å². The van der Waals surface area contributed by atoms with Gasteiger partial charge in [-0.3, -0.25) is 9.69 Å². The molecule has 1 aliphatic heterocycles. The van der Waals surface area contributed by atoms with Crippen LogP contribution in [0.1, 0.15) is 22.8 Å². The highest BCUT2D eigenvalue weighted by atomic mass is 19.1. The monoisotopic (exact) mass is 462 g/mol. The summed E-state index contributed by atoms with van der Waals surface area (Å²) in [6.07, 6.45) is 0. The van der Waals surface area contributed by atoms with Gasteiger partial charge in [0.25, 0.3) is 5.91 Å². The molecule has 2 aromatic carbocycles. The molecule has 0 spiro atoms. The highest BCUT2D eigenvalue weighted by Crippen LogP contribution is 2.28. The van der Waals surface area contributed by atoms with Gasteiger partial charge in [0, 0.05) is 32.7 Å². The number of amides is 1. The average molecular weight is 462 g/mol. The van der Waals surface area contributed by atoms with E-state index in [-0.39, 0.29) is 11.5 Å². The Kier molecular flexibility index (Phi) is 9.62. The van der Waals surface area contributed by atoms with E-state index in [9.17, 15) is 9.18 Å². The molecule has 1 aliphatic rings. The van der Waals surface area contributed by atoms with Gasteiger partial charge in [-0.05, 0) is 36.8 Å². The molecule has 0 aromatic heterocycles. The van der Waals surface area contributed by atoms with E-state index in [1.807, 2.05) is 25.1 Å². The lowest BCUT2D eigenvalue weighted by atomic mass is 10.1. The third-order valence-corrected chi connectivity index (χ3v) is 4.88. The molecule has 2 N–H and O–H groups in total. The SMILES string of the molecule is CCOc1cc(CN2CCN(C(=O)c3ccccc3F)CC2)ccc1OC.O=C(O)C(=O)O. The molecular formula is C23H27FN2O7. The number of halogens is 1. The van der Waals surface area contributed by atoms with Crippen LogP contribution in [0.25, 0.3) is 0 Å². The van der Waals surface area contributed by atoms with Crippen LogP contribution < -0.4 is 9.47 Å². The van der Waals surface area contributed by atoms with Gasteiger partial charge in [0.05, 0.1) is 19.3 Å². The molecule has 1 heterocycles. The first-order valence-corrected chi connectivity index (χ1v) is 10.3. The van der Waals surface area contributed by atoms with Gasteiger partial charge in [-0.2, -0.15) is 0 Å². The topological polar surface area (TPSA) is 117 Å². The number of ether oxygens (including phenoxy) is 2. The van der Waals surface area contributed by atoms with Crippen molar-refractivity contribution in [1.82, 2.24) is 9.80 Å². The summed E-state index contributed by atoms with van der Waals surface area (Å²) in [6, 6.07) is 12.1. The highest BCUT2D eigenvalue weighted by molar-refractivity contribution is 6.27. The predicted molar refractivity (Wildman–Crippen MR) is 117 cm³/mol. The smallest absolute Gasteiger partial charge is 0.414 e. The number of methoxy groups -OCH3 is 1. The predicted octanol–water partition coefficient (Wildman–Crippen LogP) is 2.35. The molecule has 9 nitrogen and oxygen atoms in total. The maximum atomic E-state index is 13.8.